The lowest BCUT2D eigenvalue weighted by Gasteiger charge is -2.12. The smallest absolute Gasteiger partial charge is 0.240 e. The number of ether oxygens (including phenoxy) is 3. The number of nitrogens with one attached hydrogen (secondary N) is 1. The fraction of sp³-hybridized carbons (Fsp3) is 0.286. The van der Waals surface area contributed by atoms with E-state index in [-0.39, 0.29) is 18.3 Å². The SMILES string of the molecule is CCOc1cc(/C=N\NC(=O)CCCc2ccc(OC)cc2C)ccc1OCc1cccc(F)c1. The van der Waals surface area contributed by atoms with E-state index in [0.29, 0.717) is 24.5 Å². The number of benzene rings is 3. The highest BCUT2D eigenvalue weighted by atomic mass is 19.1. The first kappa shape index (κ1) is 25.7. The molecule has 0 atom stereocenters. The van der Waals surface area contributed by atoms with Crippen LogP contribution in [-0.4, -0.2) is 25.8 Å². The number of nitrogens with zero attached hydrogens (tertiary/aromatic N) is 1. The predicted molar refractivity (Wildman–Crippen MR) is 135 cm³/mol. The Morgan fingerprint density at radius 3 is 2.66 bits per heavy atom. The number of halogens is 1. The monoisotopic (exact) mass is 478 g/mol. The van der Waals surface area contributed by atoms with Crippen molar-refractivity contribution < 1.29 is 23.4 Å². The molecule has 0 saturated heterocycles. The summed E-state index contributed by atoms with van der Waals surface area (Å²) in [6.07, 6.45) is 3.46. The summed E-state index contributed by atoms with van der Waals surface area (Å²) < 4.78 is 30.1. The van der Waals surface area contributed by atoms with E-state index in [4.69, 9.17) is 14.2 Å². The van der Waals surface area contributed by atoms with Gasteiger partial charge in [-0.2, -0.15) is 5.10 Å². The quantitative estimate of drug-likeness (QED) is 0.272. The van der Waals surface area contributed by atoms with Crippen molar-refractivity contribution in [3.05, 3.63) is 88.7 Å². The van der Waals surface area contributed by atoms with Gasteiger partial charge < -0.3 is 14.2 Å². The first-order valence-corrected chi connectivity index (χ1v) is 11.6. The third kappa shape index (κ3) is 8.14. The third-order valence-electron chi connectivity index (χ3n) is 5.35. The molecular weight excluding hydrogens is 447 g/mol. The lowest BCUT2D eigenvalue weighted by Crippen LogP contribution is -2.17. The zero-order valence-corrected chi connectivity index (χ0v) is 20.3. The topological polar surface area (TPSA) is 69.2 Å². The van der Waals surface area contributed by atoms with Gasteiger partial charge in [-0.15, -0.1) is 0 Å². The number of aryl methyl sites for hydroxylation is 2. The van der Waals surface area contributed by atoms with Gasteiger partial charge in [-0.3, -0.25) is 4.79 Å². The highest BCUT2D eigenvalue weighted by Gasteiger charge is 2.08. The van der Waals surface area contributed by atoms with Crippen LogP contribution < -0.4 is 19.6 Å². The van der Waals surface area contributed by atoms with Crippen LogP contribution in [0.4, 0.5) is 4.39 Å². The van der Waals surface area contributed by atoms with E-state index in [1.165, 1.54) is 17.7 Å². The standard InChI is InChI=1S/C28H31FN2O4/c1-4-34-27-17-21(11-14-26(27)35-19-22-7-5-9-24(29)16-22)18-30-31-28(32)10-6-8-23-12-13-25(33-3)15-20(23)2/h5,7,9,11-18H,4,6,8,10,19H2,1-3H3,(H,31,32)/b30-18-. The summed E-state index contributed by atoms with van der Waals surface area (Å²) in [5.74, 6) is 1.48. The number of amides is 1. The first-order valence-electron chi connectivity index (χ1n) is 11.6. The molecule has 0 spiro atoms. The van der Waals surface area contributed by atoms with Crippen molar-refractivity contribution in [1.82, 2.24) is 5.43 Å². The van der Waals surface area contributed by atoms with Crippen LogP contribution in [0.15, 0.2) is 65.8 Å². The Bertz CT molecular complexity index is 1160. The van der Waals surface area contributed by atoms with Gasteiger partial charge in [0, 0.05) is 6.42 Å². The van der Waals surface area contributed by atoms with Gasteiger partial charge in [-0.25, -0.2) is 9.82 Å². The molecule has 6 nitrogen and oxygen atoms in total. The normalized spacial score (nSPS) is 10.9. The van der Waals surface area contributed by atoms with Crippen LogP contribution in [0.1, 0.15) is 42.0 Å². The average molecular weight is 479 g/mol. The van der Waals surface area contributed by atoms with E-state index in [1.54, 1.807) is 37.6 Å². The Balaban J connectivity index is 1.50. The summed E-state index contributed by atoms with van der Waals surface area (Å²) in [6, 6.07) is 17.6. The molecule has 0 saturated carbocycles. The molecule has 3 rings (SSSR count). The highest BCUT2D eigenvalue weighted by molar-refractivity contribution is 5.83. The number of rotatable bonds is 12. The number of hydrazone groups is 1. The molecule has 184 valence electrons. The van der Waals surface area contributed by atoms with E-state index in [9.17, 15) is 9.18 Å². The first-order chi connectivity index (χ1) is 17.0. The fourth-order valence-corrected chi connectivity index (χ4v) is 3.53. The summed E-state index contributed by atoms with van der Waals surface area (Å²) in [6.45, 7) is 4.60. The molecule has 3 aromatic rings. The molecule has 7 heteroatoms. The van der Waals surface area contributed by atoms with Gasteiger partial charge in [0.25, 0.3) is 0 Å². The number of hydrogen-bond acceptors (Lipinski definition) is 5. The number of hydrogen-bond donors (Lipinski definition) is 1. The zero-order valence-electron chi connectivity index (χ0n) is 20.3. The summed E-state index contributed by atoms with van der Waals surface area (Å²) in [5, 5.41) is 4.06. The molecule has 0 aliphatic rings. The van der Waals surface area contributed by atoms with Crippen LogP contribution in [0.5, 0.6) is 17.2 Å². The van der Waals surface area contributed by atoms with Gasteiger partial charge in [0.1, 0.15) is 18.2 Å². The summed E-state index contributed by atoms with van der Waals surface area (Å²) in [5.41, 5.74) is 6.40. The van der Waals surface area contributed by atoms with Gasteiger partial charge >= 0.3 is 0 Å². The van der Waals surface area contributed by atoms with E-state index in [2.05, 4.69) is 10.5 Å². The van der Waals surface area contributed by atoms with Gasteiger partial charge in [0.2, 0.25) is 5.91 Å². The second-order valence-electron chi connectivity index (χ2n) is 8.00. The average Bonchev–Trinajstić information content (AvgIpc) is 2.85. The molecule has 0 radical (unpaired) electrons. The summed E-state index contributed by atoms with van der Waals surface area (Å²) >= 11 is 0. The van der Waals surface area contributed by atoms with Crippen molar-refractivity contribution in [2.24, 2.45) is 5.10 Å². The Morgan fingerprint density at radius 2 is 1.91 bits per heavy atom. The second-order valence-corrected chi connectivity index (χ2v) is 8.00. The van der Waals surface area contributed by atoms with Crippen LogP contribution in [0.25, 0.3) is 0 Å². The van der Waals surface area contributed by atoms with Gasteiger partial charge in [-0.1, -0.05) is 18.2 Å². The Kier molecular flexibility index (Phi) is 9.66. The van der Waals surface area contributed by atoms with E-state index < -0.39 is 0 Å². The molecule has 0 aliphatic heterocycles. The molecular formula is C28H31FN2O4. The van der Waals surface area contributed by atoms with Crippen LogP contribution in [0.3, 0.4) is 0 Å². The minimum atomic E-state index is -0.305. The molecule has 1 amide bonds. The molecule has 0 unspecified atom stereocenters. The maximum absolute atomic E-state index is 13.4. The number of methoxy groups -OCH3 is 1. The minimum absolute atomic E-state index is 0.146. The fourth-order valence-electron chi connectivity index (χ4n) is 3.53. The maximum Gasteiger partial charge on any atom is 0.240 e. The summed E-state index contributed by atoms with van der Waals surface area (Å²) in [7, 11) is 1.65. The van der Waals surface area contributed by atoms with Crippen LogP contribution in [0, 0.1) is 12.7 Å². The predicted octanol–water partition coefficient (Wildman–Crippen LogP) is 5.59. The van der Waals surface area contributed by atoms with E-state index in [0.717, 1.165) is 35.3 Å². The Hall–Kier alpha value is -3.87. The van der Waals surface area contributed by atoms with Crippen molar-refractivity contribution in [2.45, 2.75) is 39.7 Å². The molecule has 3 aromatic carbocycles. The highest BCUT2D eigenvalue weighted by Crippen LogP contribution is 2.29. The van der Waals surface area contributed by atoms with E-state index in [1.807, 2.05) is 38.1 Å². The van der Waals surface area contributed by atoms with Crippen molar-refractivity contribution in [1.29, 1.82) is 0 Å². The van der Waals surface area contributed by atoms with Crippen molar-refractivity contribution in [3.8, 4) is 17.2 Å². The van der Waals surface area contributed by atoms with Gasteiger partial charge in [0.15, 0.2) is 11.5 Å². The van der Waals surface area contributed by atoms with E-state index >= 15 is 0 Å². The lowest BCUT2D eigenvalue weighted by atomic mass is 10.0. The number of carbonyl (C=O) groups is 1. The van der Waals surface area contributed by atoms with Crippen LogP contribution >= 0.6 is 0 Å². The summed E-state index contributed by atoms with van der Waals surface area (Å²) in [4.78, 5) is 12.2. The molecule has 0 bridgehead atoms. The maximum atomic E-state index is 13.4. The van der Waals surface area contributed by atoms with Crippen molar-refractivity contribution in [2.75, 3.05) is 13.7 Å². The Labute approximate surface area is 205 Å². The molecule has 35 heavy (non-hydrogen) atoms. The van der Waals surface area contributed by atoms with Crippen LogP contribution in [-0.2, 0) is 17.8 Å². The van der Waals surface area contributed by atoms with Crippen molar-refractivity contribution in [3.63, 3.8) is 0 Å². The number of carbonyl (C=O) groups excluding carboxylic acids is 1. The molecule has 1 N–H and O–H groups in total. The molecule has 0 aliphatic carbocycles. The molecule has 0 heterocycles. The minimum Gasteiger partial charge on any atom is -0.497 e. The third-order valence-corrected chi connectivity index (χ3v) is 5.35. The van der Waals surface area contributed by atoms with Crippen LogP contribution in [0.2, 0.25) is 0 Å². The van der Waals surface area contributed by atoms with Gasteiger partial charge in [0.05, 0.1) is 19.9 Å². The van der Waals surface area contributed by atoms with Gasteiger partial charge in [-0.05, 0) is 91.4 Å². The molecule has 0 aromatic heterocycles. The zero-order chi connectivity index (χ0) is 25.0. The van der Waals surface area contributed by atoms with Crippen molar-refractivity contribution >= 4 is 12.1 Å². The largest absolute Gasteiger partial charge is 0.497 e. The lowest BCUT2D eigenvalue weighted by molar-refractivity contribution is -0.121. The molecule has 0 fully saturated rings. The second kappa shape index (κ2) is 13.1. The Morgan fingerprint density at radius 1 is 1.06 bits per heavy atom.